The van der Waals surface area contributed by atoms with Crippen molar-refractivity contribution in [2.45, 2.75) is 45.1 Å². The number of carbonyl (C=O) groups is 2. The minimum absolute atomic E-state index is 0.0615. The molecule has 0 bridgehead atoms. The molecule has 34 heavy (non-hydrogen) atoms. The van der Waals surface area contributed by atoms with E-state index in [2.05, 4.69) is 19.9 Å². The Bertz CT molecular complexity index is 1200. The molecule has 0 spiro atoms. The Balaban J connectivity index is 0.00000103. The van der Waals surface area contributed by atoms with E-state index in [1.807, 2.05) is 12.1 Å². The second-order valence-corrected chi connectivity index (χ2v) is 8.33. The molecule has 3 aromatic rings. The molecule has 2 atom stereocenters. The highest BCUT2D eigenvalue weighted by Gasteiger charge is 2.41. The molecule has 5 nitrogen and oxygen atoms in total. The fraction of sp³-hybridized carbons (Fsp3) is 0.250. The summed E-state index contributed by atoms with van der Waals surface area (Å²) in [6.45, 7) is 4.43. The molecule has 174 valence electrons. The number of carboxylic acid groups (broad SMARTS) is 1. The van der Waals surface area contributed by atoms with E-state index in [1.165, 1.54) is 35.6 Å². The Morgan fingerprint density at radius 1 is 1.12 bits per heavy atom. The Morgan fingerprint density at radius 2 is 1.82 bits per heavy atom. The van der Waals surface area contributed by atoms with Gasteiger partial charge in [0.1, 0.15) is 5.82 Å². The van der Waals surface area contributed by atoms with Crippen molar-refractivity contribution in [1.29, 1.82) is 5.26 Å². The second-order valence-electron chi connectivity index (χ2n) is 8.33. The first-order chi connectivity index (χ1) is 16.4. The summed E-state index contributed by atoms with van der Waals surface area (Å²) in [5.74, 6) is -1.16. The third-order valence-electron chi connectivity index (χ3n) is 5.61. The molecule has 0 radical (unpaired) electrons. The van der Waals surface area contributed by atoms with Gasteiger partial charge in [-0.05, 0) is 77.4 Å². The van der Waals surface area contributed by atoms with E-state index < -0.39 is 5.97 Å². The van der Waals surface area contributed by atoms with E-state index in [0.29, 0.717) is 23.2 Å². The minimum atomic E-state index is -1.04. The fourth-order valence-corrected chi connectivity index (χ4v) is 3.97. The lowest BCUT2D eigenvalue weighted by atomic mass is 10.0. The van der Waals surface area contributed by atoms with E-state index in [4.69, 9.17) is 5.26 Å². The molecular formula is C28H27FN2O3. The van der Waals surface area contributed by atoms with Gasteiger partial charge in [-0.25, -0.2) is 9.18 Å². The standard InChI is InChI=1S/C25H19FN2O3.C3H8/c26-20-8-9-24(28(15-29)14-17-2-1-3-19(10-17)25(30)31)23(11-20)22-12-21(22)18-6-4-16(13-27)5-7-18;1-3-2/h1-11,15,21-22H,12,14H2,(H,30,31);3H2,1-2H3. The third kappa shape index (κ3) is 5.87. The van der Waals surface area contributed by atoms with Crippen molar-refractivity contribution in [2.75, 3.05) is 4.90 Å². The number of rotatable bonds is 7. The third-order valence-corrected chi connectivity index (χ3v) is 5.61. The molecule has 3 aromatic carbocycles. The Kier molecular flexibility index (Phi) is 8.15. The van der Waals surface area contributed by atoms with Gasteiger partial charge in [0, 0.05) is 5.69 Å². The summed E-state index contributed by atoms with van der Waals surface area (Å²) in [5.41, 5.74) is 3.83. The largest absolute Gasteiger partial charge is 0.478 e. The van der Waals surface area contributed by atoms with Crippen LogP contribution >= 0.6 is 0 Å². The van der Waals surface area contributed by atoms with Crippen molar-refractivity contribution in [2.24, 2.45) is 0 Å². The number of carbonyl (C=O) groups excluding carboxylic acids is 1. The number of benzene rings is 3. The molecular weight excluding hydrogens is 431 g/mol. The zero-order valence-corrected chi connectivity index (χ0v) is 19.2. The Labute approximate surface area is 199 Å². The zero-order chi connectivity index (χ0) is 24.7. The summed E-state index contributed by atoms with van der Waals surface area (Å²) in [4.78, 5) is 24.6. The molecule has 0 aliphatic heterocycles. The van der Waals surface area contributed by atoms with Crippen molar-refractivity contribution >= 4 is 18.1 Å². The van der Waals surface area contributed by atoms with Crippen LogP contribution in [0.25, 0.3) is 0 Å². The number of hydrogen-bond donors (Lipinski definition) is 1. The first-order valence-corrected chi connectivity index (χ1v) is 11.2. The first kappa shape index (κ1) is 24.7. The minimum Gasteiger partial charge on any atom is -0.478 e. The summed E-state index contributed by atoms with van der Waals surface area (Å²) in [6, 6.07) is 20.2. The van der Waals surface area contributed by atoms with Crippen LogP contribution in [0.15, 0.2) is 66.7 Å². The van der Waals surface area contributed by atoms with Gasteiger partial charge in [-0.15, -0.1) is 0 Å². The Hall–Kier alpha value is -3.98. The van der Waals surface area contributed by atoms with Crippen LogP contribution in [0.4, 0.5) is 10.1 Å². The molecule has 1 amide bonds. The summed E-state index contributed by atoms with van der Waals surface area (Å²) in [7, 11) is 0. The van der Waals surface area contributed by atoms with Crippen LogP contribution < -0.4 is 4.90 Å². The van der Waals surface area contributed by atoms with Gasteiger partial charge in [0.15, 0.2) is 0 Å². The Morgan fingerprint density at radius 3 is 2.44 bits per heavy atom. The van der Waals surface area contributed by atoms with Crippen molar-refractivity contribution in [1.82, 2.24) is 0 Å². The van der Waals surface area contributed by atoms with Gasteiger partial charge in [-0.3, -0.25) is 4.79 Å². The second kappa shape index (κ2) is 11.2. The molecule has 0 aromatic heterocycles. The van der Waals surface area contributed by atoms with Crippen molar-refractivity contribution in [3.05, 3.63) is 100 Å². The number of hydrogen-bond acceptors (Lipinski definition) is 3. The topological polar surface area (TPSA) is 81.4 Å². The van der Waals surface area contributed by atoms with Gasteiger partial charge in [0.25, 0.3) is 0 Å². The number of anilines is 1. The quantitative estimate of drug-likeness (QED) is 0.425. The maximum Gasteiger partial charge on any atom is 0.335 e. The molecule has 1 aliphatic rings. The normalized spacial score (nSPS) is 15.9. The van der Waals surface area contributed by atoms with Crippen LogP contribution in [0.3, 0.4) is 0 Å². The summed E-state index contributed by atoms with van der Waals surface area (Å²) < 4.78 is 14.1. The van der Waals surface area contributed by atoms with Gasteiger partial charge in [0.05, 0.1) is 23.7 Å². The van der Waals surface area contributed by atoms with Crippen LogP contribution in [0.2, 0.25) is 0 Å². The van der Waals surface area contributed by atoms with Gasteiger partial charge in [-0.2, -0.15) is 5.26 Å². The first-order valence-electron chi connectivity index (χ1n) is 11.2. The molecule has 6 heteroatoms. The van der Waals surface area contributed by atoms with Gasteiger partial charge in [0.2, 0.25) is 6.41 Å². The van der Waals surface area contributed by atoms with Gasteiger partial charge in [-0.1, -0.05) is 44.5 Å². The monoisotopic (exact) mass is 458 g/mol. The van der Waals surface area contributed by atoms with Crippen LogP contribution in [0.5, 0.6) is 0 Å². The number of amides is 1. The molecule has 4 rings (SSSR count). The van der Waals surface area contributed by atoms with Gasteiger partial charge < -0.3 is 10.0 Å². The predicted octanol–water partition coefficient (Wildman–Crippen LogP) is 6.25. The lowest BCUT2D eigenvalue weighted by molar-refractivity contribution is -0.107. The molecule has 2 unspecified atom stereocenters. The molecule has 1 N–H and O–H groups in total. The average Bonchev–Trinajstić information content (AvgIpc) is 3.64. The lowest BCUT2D eigenvalue weighted by Crippen LogP contribution is -2.22. The average molecular weight is 459 g/mol. The highest BCUT2D eigenvalue weighted by Crippen LogP contribution is 2.56. The van der Waals surface area contributed by atoms with Crippen molar-refractivity contribution in [3.63, 3.8) is 0 Å². The number of aromatic carboxylic acids is 1. The predicted molar refractivity (Wildman–Crippen MR) is 129 cm³/mol. The summed E-state index contributed by atoms with van der Waals surface area (Å²) >= 11 is 0. The number of nitriles is 1. The van der Waals surface area contributed by atoms with E-state index in [0.717, 1.165) is 17.5 Å². The van der Waals surface area contributed by atoms with Crippen LogP contribution in [-0.4, -0.2) is 17.5 Å². The highest BCUT2D eigenvalue weighted by atomic mass is 19.1. The number of nitrogens with zero attached hydrogens (tertiary/aromatic N) is 2. The van der Waals surface area contributed by atoms with E-state index in [9.17, 15) is 19.1 Å². The molecule has 0 heterocycles. The molecule has 1 fully saturated rings. The summed E-state index contributed by atoms with van der Waals surface area (Å²) in [6.07, 6.45) is 2.76. The maximum absolute atomic E-state index is 14.1. The SMILES string of the molecule is CCC.N#Cc1ccc(C2CC2c2cc(F)ccc2N(C=O)Cc2cccc(C(=O)O)c2)cc1. The van der Waals surface area contributed by atoms with Crippen LogP contribution in [-0.2, 0) is 11.3 Å². The van der Waals surface area contributed by atoms with Crippen molar-refractivity contribution in [3.8, 4) is 6.07 Å². The number of halogens is 1. The van der Waals surface area contributed by atoms with E-state index in [-0.39, 0.29) is 29.8 Å². The molecule has 1 aliphatic carbocycles. The highest BCUT2D eigenvalue weighted by molar-refractivity contribution is 5.88. The maximum atomic E-state index is 14.1. The van der Waals surface area contributed by atoms with Crippen LogP contribution in [0.1, 0.15) is 71.1 Å². The van der Waals surface area contributed by atoms with E-state index in [1.54, 1.807) is 30.3 Å². The van der Waals surface area contributed by atoms with E-state index >= 15 is 0 Å². The van der Waals surface area contributed by atoms with Gasteiger partial charge >= 0.3 is 5.97 Å². The lowest BCUT2D eigenvalue weighted by Gasteiger charge is -2.21. The fourth-order valence-electron chi connectivity index (χ4n) is 3.97. The molecule has 1 saturated carbocycles. The molecule has 0 saturated heterocycles. The number of carboxylic acids is 1. The van der Waals surface area contributed by atoms with Crippen molar-refractivity contribution < 1.29 is 19.1 Å². The smallest absolute Gasteiger partial charge is 0.335 e. The zero-order valence-electron chi connectivity index (χ0n) is 19.2. The summed E-state index contributed by atoms with van der Waals surface area (Å²) in [5, 5.41) is 18.2. The van der Waals surface area contributed by atoms with Crippen LogP contribution in [0, 0.1) is 17.1 Å².